The molecule has 0 aliphatic carbocycles. The summed E-state index contributed by atoms with van der Waals surface area (Å²) in [4.78, 5) is 4.15. The van der Waals surface area contributed by atoms with E-state index in [1.165, 1.54) is 0 Å². The molecule has 2 aromatic rings. The zero-order valence-electron chi connectivity index (χ0n) is 9.86. The van der Waals surface area contributed by atoms with Gasteiger partial charge in [-0.1, -0.05) is 0 Å². The summed E-state index contributed by atoms with van der Waals surface area (Å²) in [6.45, 7) is 3.81. The van der Waals surface area contributed by atoms with Gasteiger partial charge >= 0.3 is 0 Å². The van der Waals surface area contributed by atoms with Crippen LogP contribution in [-0.4, -0.2) is 14.8 Å². The molecule has 5 nitrogen and oxygen atoms in total. The van der Waals surface area contributed by atoms with Gasteiger partial charge in [0.05, 0.1) is 22.1 Å². The molecule has 2 heterocycles. The van der Waals surface area contributed by atoms with E-state index in [1.807, 2.05) is 27.0 Å². The molecule has 0 aliphatic rings. The van der Waals surface area contributed by atoms with Crippen molar-refractivity contribution in [2.24, 2.45) is 7.05 Å². The number of nitrogens with two attached hydrogens (primary N) is 1. The smallest absolute Gasteiger partial charge is 0.235 e. The van der Waals surface area contributed by atoms with Crippen molar-refractivity contribution in [1.82, 2.24) is 14.8 Å². The minimum Gasteiger partial charge on any atom is -0.420 e. The van der Waals surface area contributed by atoms with Crippen LogP contribution >= 0.6 is 15.9 Å². The molecular weight excluding hydrogens is 284 g/mol. The average molecular weight is 297 g/mol. The van der Waals surface area contributed by atoms with Crippen molar-refractivity contribution in [3.05, 3.63) is 28.0 Å². The van der Waals surface area contributed by atoms with Crippen molar-refractivity contribution >= 4 is 21.6 Å². The number of aromatic nitrogens is 3. The number of halogens is 1. The van der Waals surface area contributed by atoms with Crippen LogP contribution in [0.3, 0.4) is 0 Å². The van der Waals surface area contributed by atoms with Crippen molar-refractivity contribution in [1.29, 1.82) is 0 Å². The van der Waals surface area contributed by atoms with E-state index in [2.05, 4.69) is 26.0 Å². The fourth-order valence-corrected chi connectivity index (χ4v) is 1.83. The second-order valence-electron chi connectivity index (χ2n) is 3.81. The van der Waals surface area contributed by atoms with Gasteiger partial charge in [-0.2, -0.15) is 5.10 Å². The number of anilines is 1. The Balaban J connectivity index is 2.37. The highest BCUT2D eigenvalue weighted by Gasteiger charge is 2.12. The van der Waals surface area contributed by atoms with Gasteiger partial charge < -0.3 is 10.5 Å². The molecule has 0 fully saturated rings. The summed E-state index contributed by atoms with van der Waals surface area (Å²) in [6, 6.07) is 1.85. The van der Waals surface area contributed by atoms with Crippen LogP contribution in [0.2, 0.25) is 0 Å². The zero-order chi connectivity index (χ0) is 12.6. The van der Waals surface area contributed by atoms with Crippen molar-refractivity contribution in [2.45, 2.75) is 13.8 Å². The topological polar surface area (TPSA) is 66.0 Å². The number of hydrogen-bond acceptors (Lipinski definition) is 4. The number of hydrogen-bond donors (Lipinski definition) is 1. The van der Waals surface area contributed by atoms with Crippen LogP contribution < -0.4 is 10.5 Å². The number of rotatable bonds is 2. The number of pyridine rings is 1. The normalized spacial score (nSPS) is 10.6. The molecule has 0 bridgehead atoms. The molecule has 17 heavy (non-hydrogen) atoms. The Morgan fingerprint density at radius 3 is 2.71 bits per heavy atom. The fraction of sp³-hybridized carbons (Fsp3) is 0.273. The second-order valence-corrected chi connectivity index (χ2v) is 4.60. The molecule has 0 aromatic carbocycles. The highest BCUT2D eigenvalue weighted by Crippen LogP contribution is 2.32. The monoisotopic (exact) mass is 296 g/mol. The zero-order valence-corrected chi connectivity index (χ0v) is 11.4. The number of ether oxygens (including phenoxy) is 1. The molecule has 2 N–H and O–H groups in total. The van der Waals surface area contributed by atoms with Crippen LogP contribution in [0, 0.1) is 13.8 Å². The van der Waals surface area contributed by atoms with E-state index in [9.17, 15) is 0 Å². The quantitative estimate of drug-likeness (QED) is 0.925. The van der Waals surface area contributed by atoms with Crippen molar-refractivity contribution in [2.75, 3.05) is 5.73 Å². The van der Waals surface area contributed by atoms with E-state index >= 15 is 0 Å². The lowest BCUT2D eigenvalue weighted by molar-refractivity contribution is 0.412. The van der Waals surface area contributed by atoms with Gasteiger partial charge in [0.1, 0.15) is 0 Å². The third-order valence-corrected chi connectivity index (χ3v) is 3.37. The van der Waals surface area contributed by atoms with E-state index < -0.39 is 0 Å². The van der Waals surface area contributed by atoms with Gasteiger partial charge in [0.25, 0.3) is 0 Å². The lowest BCUT2D eigenvalue weighted by Crippen LogP contribution is -1.99. The van der Waals surface area contributed by atoms with Crippen LogP contribution in [0.1, 0.15) is 11.3 Å². The summed E-state index contributed by atoms with van der Waals surface area (Å²) < 4.78 is 8.11. The molecule has 2 aromatic heterocycles. The molecule has 0 saturated heterocycles. The summed E-state index contributed by atoms with van der Waals surface area (Å²) in [7, 11) is 1.82. The SMILES string of the molecule is Cc1cc(Oc2ncc(N)c(C)c2Br)n(C)n1. The fourth-order valence-electron chi connectivity index (χ4n) is 1.42. The molecular formula is C11H13BrN4O. The Morgan fingerprint density at radius 1 is 1.41 bits per heavy atom. The predicted molar refractivity (Wildman–Crippen MR) is 69.1 cm³/mol. The third-order valence-electron chi connectivity index (χ3n) is 2.43. The Kier molecular flexibility index (Phi) is 3.06. The van der Waals surface area contributed by atoms with Gasteiger partial charge in [-0.25, -0.2) is 9.67 Å². The van der Waals surface area contributed by atoms with E-state index in [0.717, 1.165) is 15.7 Å². The highest BCUT2D eigenvalue weighted by molar-refractivity contribution is 9.10. The first-order chi connectivity index (χ1) is 7.99. The van der Waals surface area contributed by atoms with E-state index in [0.29, 0.717) is 17.4 Å². The van der Waals surface area contributed by atoms with E-state index in [-0.39, 0.29) is 0 Å². The molecule has 0 aliphatic heterocycles. The lowest BCUT2D eigenvalue weighted by Gasteiger charge is -2.09. The maximum atomic E-state index is 5.75. The third kappa shape index (κ3) is 2.26. The Labute approximate surface area is 108 Å². The molecule has 0 amide bonds. The predicted octanol–water partition coefficient (Wildman–Crippen LogP) is 2.57. The van der Waals surface area contributed by atoms with Crippen LogP contribution in [-0.2, 0) is 7.05 Å². The molecule has 90 valence electrons. The first-order valence-corrected chi connectivity index (χ1v) is 5.87. The first-order valence-electron chi connectivity index (χ1n) is 5.08. The molecule has 6 heteroatoms. The summed E-state index contributed by atoms with van der Waals surface area (Å²) in [5, 5.41) is 4.20. The van der Waals surface area contributed by atoms with Crippen molar-refractivity contribution in [3.8, 4) is 11.8 Å². The summed E-state index contributed by atoms with van der Waals surface area (Å²) >= 11 is 3.42. The number of aryl methyl sites for hydroxylation is 2. The van der Waals surface area contributed by atoms with Gasteiger partial charge in [0.15, 0.2) is 0 Å². The highest BCUT2D eigenvalue weighted by atomic mass is 79.9. The van der Waals surface area contributed by atoms with Gasteiger partial charge in [-0.3, -0.25) is 0 Å². The van der Waals surface area contributed by atoms with Crippen LogP contribution in [0.15, 0.2) is 16.7 Å². The van der Waals surface area contributed by atoms with Crippen LogP contribution in [0.5, 0.6) is 11.8 Å². The van der Waals surface area contributed by atoms with Gasteiger partial charge in [-0.15, -0.1) is 0 Å². The van der Waals surface area contributed by atoms with E-state index in [1.54, 1.807) is 10.9 Å². The molecule has 0 atom stereocenters. The second kappa shape index (κ2) is 4.37. The summed E-state index contributed by atoms with van der Waals surface area (Å²) in [5.41, 5.74) is 8.19. The molecule has 0 saturated carbocycles. The van der Waals surface area contributed by atoms with Gasteiger partial charge in [0, 0.05) is 13.1 Å². The van der Waals surface area contributed by atoms with Crippen molar-refractivity contribution < 1.29 is 4.74 Å². The van der Waals surface area contributed by atoms with Crippen molar-refractivity contribution in [3.63, 3.8) is 0 Å². The number of nitrogens with zero attached hydrogens (tertiary/aromatic N) is 3. The Hall–Kier alpha value is -1.56. The van der Waals surface area contributed by atoms with Gasteiger partial charge in [0.2, 0.25) is 11.8 Å². The Bertz CT molecular complexity index is 565. The summed E-state index contributed by atoms with van der Waals surface area (Å²) in [5.74, 6) is 1.12. The molecule has 0 unspecified atom stereocenters. The molecule has 2 rings (SSSR count). The minimum absolute atomic E-state index is 0.486. The largest absolute Gasteiger partial charge is 0.420 e. The minimum atomic E-state index is 0.486. The molecule has 0 radical (unpaired) electrons. The standard InChI is InChI=1S/C11H13BrN4O/c1-6-4-9(16(3)15-6)17-11-10(12)7(2)8(13)5-14-11/h4-5H,13H2,1-3H3. The maximum absolute atomic E-state index is 5.75. The van der Waals surface area contributed by atoms with Crippen LogP contribution in [0.25, 0.3) is 0 Å². The average Bonchev–Trinajstić information content (AvgIpc) is 2.58. The first kappa shape index (κ1) is 11.9. The molecule has 0 spiro atoms. The number of nitrogen functional groups attached to an aromatic ring is 1. The lowest BCUT2D eigenvalue weighted by atomic mass is 10.2. The summed E-state index contributed by atoms with van der Waals surface area (Å²) in [6.07, 6.45) is 1.58. The van der Waals surface area contributed by atoms with E-state index in [4.69, 9.17) is 10.5 Å². The van der Waals surface area contributed by atoms with Gasteiger partial charge in [-0.05, 0) is 35.3 Å². The maximum Gasteiger partial charge on any atom is 0.235 e. The Morgan fingerprint density at radius 2 is 2.12 bits per heavy atom. The van der Waals surface area contributed by atoms with Crippen LogP contribution in [0.4, 0.5) is 5.69 Å².